The molecule has 1 aromatic carbocycles. The van der Waals surface area contributed by atoms with Crippen LogP contribution < -0.4 is 15.8 Å². The molecule has 1 aliphatic heterocycles. The zero-order chi connectivity index (χ0) is 29.9. The van der Waals surface area contributed by atoms with E-state index in [-0.39, 0.29) is 35.4 Å². The Labute approximate surface area is 242 Å². The number of fused-ring (bicyclic) bond motifs is 1. The van der Waals surface area contributed by atoms with Crippen LogP contribution >= 0.6 is 11.3 Å². The van der Waals surface area contributed by atoms with Crippen molar-refractivity contribution in [2.75, 3.05) is 30.7 Å². The monoisotopic (exact) mass is 596 g/mol. The van der Waals surface area contributed by atoms with Crippen LogP contribution in [0.5, 0.6) is 5.75 Å². The Hall–Kier alpha value is -5.06. The molecule has 4 aromatic rings. The number of carboxylic acid groups (broad SMARTS) is 1. The summed E-state index contributed by atoms with van der Waals surface area (Å²) in [5.74, 6) is -0.0457. The number of rotatable bonds is 10. The summed E-state index contributed by atoms with van der Waals surface area (Å²) in [5, 5.41) is 32.8. The number of hydrogen-bond acceptors (Lipinski definition) is 14. The van der Waals surface area contributed by atoms with Crippen molar-refractivity contribution in [2.24, 2.45) is 5.16 Å². The van der Waals surface area contributed by atoms with Gasteiger partial charge in [0.15, 0.2) is 5.13 Å². The van der Waals surface area contributed by atoms with Gasteiger partial charge in [-0.1, -0.05) is 10.4 Å². The fourth-order valence-electron chi connectivity index (χ4n) is 3.87. The molecule has 0 bridgehead atoms. The number of nitrogens with one attached hydrogen (secondary N) is 2. The van der Waals surface area contributed by atoms with Crippen molar-refractivity contribution in [2.45, 2.75) is 38.5 Å². The quantitative estimate of drug-likeness (QED) is 0.153. The minimum absolute atomic E-state index is 0.0614. The SMILES string of the molecule is CC(C)(C)OC(=O)N1CC(Nc2ccc3cc(OCC(O/N=C(\C(=O)O)c4csc(N)n4)c4nn[nH]n4)ccc3n2)C1. The van der Waals surface area contributed by atoms with Crippen molar-refractivity contribution in [3.63, 3.8) is 0 Å². The van der Waals surface area contributed by atoms with E-state index in [4.69, 9.17) is 20.0 Å². The molecule has 1 unspecified atom stereocenters. The molecule has 1 amide bonds. The second kappa shape index (κ2) is 11.8. The molecular formula is C25H28N10O6S. The number of thiazole rings is 1. The molecule has 4 heterocycles. The first kappa shape index (κ1) is 28.5. The van der Waals surface area contributed by atoms with Crippen molar-refractivity contribution in [3.05, 3.63) is 47.2 Å². The molecule has 1 aliphatic rings. The standard InChI is InChI=1S/C25H28N10O6S/c1-25(2,3)40-24(38)35-9-14(10-35)27-19-7-4-13-8-15(5-6-16(13)28-19)39-11-18(21-30-33-34-31-21)41-32-20(22(36)37)17-12-42-23(26)29-17/h4-8,12,14,18H,9-11H2,1-3H3,(H2,26,29)(H,27,28)(H,36,37)(H,30,31,33,34)/b32-20-. The Morgan fingerprint density at radius 3 is 2.74 bits per heavy atom. The minimum Gasteiger partial charge on any atom is -0.489 e. The van der Waals surface area contributed by atoms with E-state index in [9.17, 15) is 14.7 Å². The normalized spacial score (nSPS) is 14.7. The number of anilines is 2. The highest BCUT2D eigenvalue weighted by Gasteiger charge is 2.33. The molecule has 220 valence electrons. The largest absolute Gasteiger partial charge is 0.489 e. The van der Waals surface area contributed by atoms with Crippen LogP contribution in [0.25, 0.3) is 10.9 Å². The molecule has 5 N–H and O–H groups in total. The highest BCUT2D eigenvalue weighted by Crippen LogP contribution is 2.25. The van der Waals surface area contributed by atoms with E-state index in [0.29, 0.717) is 24.7 Å². The van der Waals surface area contributed by atoms with Crippen LogP contribution in [0, 0.1) is 0 Å². The second-order valence-electron chi connectivity index (χ2n) is 10.3. The van der Waals surface area contributed by atoms with Gasteiger partial charge in [-0.05, 0) is 51.1 Å². The molecule has 0 saturated carbocycles. The molecule has 16 nitrogen and oxygen atoms in total. The van der Waals surface area contributed by atoms with Crippen molar-refractivity contribution in [1.82, 2.24) is 35.5 Å². The van der Waals surface area contributed by atoms with Crippen LogP contribution in [0.2, 0.25) is 0 Å². The molecule has 0 spiro atoms. The van der Waals surface area contributed by atoms with Crippen LogP contribution in [0.4, 0.5) is 15.7 Å². The average Bonchev–Trinajstić information content (AvgIpc) is 3.59. The van der Waals surface area contributed by atoms with Gasteiger partial charge in [0.2, 0.25) is 17.6 Å². The fraction of sp³-hybridized carbons (Fsp3) is 0.360. The van der Waals surface area contributed by atoms with Gasteiger partial charge in [-0.25, -0.2) is 19.6 Å². The van der Waals surface area contributed by atoms with Crippen LogP contribution in [-0.4, -0.2) is 89.7 Å². The number of benzene rings is 1. The van der Waals surface area contributed by atoms with Crippen molar-refractivity contribution < 1.29 is 29.0 Å². The molecule has 42 heavy (non-hydrogen) atoms. The summed E-state index contributed by atoms with van der Waals surface area (Å²) < 4.78 is 11.3. The maximum absolute atomic E-state index is 12.2. The summed E-state index contributed by atoms with van der Waals surface area (Å²) in [5.41, 5.74) is 5.44. The van der Waals surface area contributed by atoms with Gasteiger partial charge in [0.25, 0.3) is 0 Å². The van der Waals surface area contributed by atoms with E-state index < -0.39 is 23.4 Å². The van der Waals surface area contributed by atoms with Gasteiger partial charge in [0, 0.05) is 23.9 Å². The van der Waals surface area contributed by atoms with E-state index in [1.54, 1.807) is 23.1 Å². The van der Waals surface area contributed by atoms with Gasteiger partial charge in [0.05, 0.1) is 11.6 Å². The number of likely N-dealkylation sites (tertiary alicyclic amines) is 1. The number of carbonyl (C=O) groups is 2. The van der Waals surface area contributed by atoms with Gasteiger partial charge in [-0.3, -0.25) is 0 Å². The molecule has 1 saturated heterocycles. The molecule has 0 radical (unpaired) electrons. The van der Waals surface area contributed by atoms with Crippen LogP contribution in [0.3, 0.4) is 0 Å². The lowest BCUT2D eigenvalue weighted by atomic mass is 10.1. The number of nitrogens with zero attached hydrogens (tertiary/aromatic N) is 7. The topological polar surface area (TPSA) is 216 Å². The molecule has 5 rings (SSSR count). The molecule has 1 atom stereocenters. The molecule has 0 aliphatic carbocycles. The Bertz CT molecular complexity index is 1600. The van der Waals surface area contributed by atoms with Crippen LogP contribution in [-0.2, 0) is 14.4 Å². The molecular weight excluding hydrogens is 568 g/mol. The number of pyridine rings is 1. The number of nitrogens with two attached hydrogens (primary N) is 1. The number of aromatic nitrogens is 6. The zero-order valence-electron chi connectivity index (χ0n) is 22.8. The van der Waals surface area contributed by atoms with E-state index >= 15 is 0 Å². The van der Waals surface area contributed by atoms with Gasteiger partial charge >= 0.3 is 12.1 Å². The summed E-state index contributed by atoms with van der Waals surface area (Å²) in [4.78, 5) is 39.6. The van der Waals surface area contributed by atoms with Gasteiger partial charge in [-0.2, -0.15) is 5.21 Å². The first-order valence-electron chi connectivity index (χ1n) is 12.7. The fourth-order valence-corrected chi connectivity index (χ4v) is 4.41. The highest BCUT2D eigenvalue weighted by atomic mass is 32.1. The van der Waals surface area contributed by atoms with Crippen LogP contribution in [0.15, 0.2) is 40.9 Å². The van der Waals surface area contributed by atoms with Crippen LogP contribution in [0.1, 0.15) is 38.4 Å². The Morgan fingerprint density at radius 2 is 2.07 bits per heavy atom. The van der Waals surface area contributed by atoms with Crippen molar-refractivity contribution >= 4 is 51.0 Å². The molecule has 1 fully saturated rings. The highest BCUT2D eigenvalue weighted by molar-refractivity contribution is 7.13. The number of nitrogen functional groups attached to an aromatic ring is 1. The van der Waals surface area contributed by atoms with Gasteiger partial charge in [-0.15, -0.1) is 21.5 Å². The number of hydrogen-bond donors (Lipinski definition) is 4. The van der Waals surface area contributed by atoms with E-state index in [0.717, 1.165) is 22.2 Å². The Kier molecular flexibility index (Phi) is 8.01. The predicted molar refractivity (Wildman–Crippen MR) is 151 cm³/mol. The first-order valence-corrected chi connectivity index (χ1v) is 13.6. The maximum atomic E-state index is 12.2. The summed E-state index contributed by atoms with van der Waals surface area (Å²) in [6.07, 6.45) is -1.32. The third-order valence-electron chi connectivity index (χ3n) is 5.84. The van der Waals surface area contributed by atoms with E-state index in [1.807, 2.05) is 32.9 Å². The zero-order valence-corrected chi connectivity index (χ0v) is 23.7. The Morgan fingerprint density at radius 1 is 1.26 bits per heavy atom. The van der Waals surface area contributed by atoms with E-state index in [2.05, 4.69) is 41.1 Å². The molecule has 17 heteroatoms. The number of carbonyl (C=O) groups excluding carboxylic acids is 1. The smallest absolute Gasteiger partial charge is 0.410 e. The van der Waals surface area contributed by atoms with E-state index in [1.165, 1.54) is 5.38 Å². The van der Waals surface area contributed by atoms with Crippen molar-refractivity contribution in [1.29, 1.82) is 0 Å². The third-order valence-corrected chi connectivity index (χ3v) is 6.51. The number of tetrazole rings is 1. The number of amides is 1. The number of ether oxygens (including phenoxy) is 2. The number of aliphatic carboxylic acids is 1. The summed E-state index contributed by atoms with van der Waals surface area (Å²) >= 11 is 1.08. The lowest BCUT2D eigenvalue weighted by molar-refractivity contribution is -0.129. The average molecular weight is 597 g/mol. The number of aromatic amines is 1. The number of carboxylic acids is 1. The third kappa shape index (κ3) is 6.98. The molecule has 3 aromatic heterocycles. The summed E-state index contributed by atoms with van der Waals surface area (Å²) in [7, 11) is 0. The summed E-state index contributed by atoms with van der Waals surface area (Å²) in [6, 6.07) is 9.17. The Balaban J connectivity index is 1.21. The van der Waals surface area contributed by atoms with Gasteiger partial charge < -0.3 is 35.4 Å². The first-order chi connectivity index (χ1) is 20.0. The predicted octanol–water partition coefficient (Wildman–Crippen LogP) is 2.44. The lowest BCUT2D eigenvalue weighted by Gasteiger charge is -2.40. The number of H-pyrrole nitrogens is 1. The van der Waals surface area contributed by atoms with Crippen molar-refractivity contribution in [3.8, 4) is 5.75 Å². The second-order valence-corrected chi connectivity index (χ2v) is 11.2. The van der Waals surface area contributed by atoms with Gasteiger partial charge in [0.1, 0.15) is 29.5 Å². The number of oxime groups is 1. The summed E-state index contributed by atoms with van der Waals surface area (Å²) in [6.45, 7) is 6.46. The lowest BCUT2D eigenvalue weighted by Crippen LogP contribution is -2.58. The minimum atomic E-state index is -1.35. The maximum Gasteiger partial charge on any atom is 0.410 e.